The average Bonchev–Trinajstić information content (AvgIpc) is 3.11. The molecular formula is C22H22Cl2O4S. The second kappa shape index (κ2) is 9.41. The van der Waals surface area contributed by atoms with E-state index < -0.39 is 22.6 Å². The highest BCUT2D eigenvalue weighted by atomic mass is 35.5. The van der Waals surface area contributed by atoms with Crippen molar-refractivity contribution < 1.29 is 19.1 Å². The third-order valence-corrected chi connectivity index (χ3v) is 7.18. The predicted octanol–water partition coefficient (Wildman–Crippen LogP) is 5.82. The van der Waals surface area contributed by atoms with Crippen molar-refractivity contribution in [1.82, 2.24) is 0 Å². The maximum Gasteiger partial charge on any atom is 0.334 e. The van der Waals surface area contributed by atoms with E-state index in [-0.39, 0.29) is 18.5 Å². The van der Waals surface area contributed by atoms with E-state index in [1.54, 1.807) is 26.0 Å². The van der Waals surface area contributed by atoms with Crippen molar-refractivity contribution in [2.24, 2.45) is 0 Å². The molecule has 3 rings (SSSR count). The summed E-state index contributed by atoms with van der Waals surface area (Å²) in [5, 5.41) is 1.13. The van der Waals surface area contributed by atoms with Crippen LogP contribution in [0.2, 0.25) is 10.0 Å². The lowest BCUT2D eigenvalue weighted by atomic mass is 9.81. The van der Waals surface area contributed by atoms with Crippen LogP contribution in [0.15, 0.2) is 48.5 Å². The minimum Gasteiger partial charge on any atom is -0.464 e. The zero-order chi connectivity index (χ0) is 21.0. The van der Waals surface area contributed by atoms with Gasteiger partial charge < -0.3 is 9.47 Å². The highest BCUT2D eigenvalue weighted by molar-refractivity contribution is 8.02. The Kier molecular flexibility index (Phi) is 7.14. The zero-order valence-corrected chi connectivity index (χ0v) is 18.5. The number of ether oxygens (including phenoxy) is 2. The molecule has 0 saturated carbocycles. The first-order valence-electron chi connectivity index (χ1n) is 9.45. The van der Waals surface area contributed by atoms with Crippen LogP contribution >= 0.6 is 35.0 Å². The lowest BCUT2D eigenvalue weighted by molar-refractivity contribution is -0.159. The summed E-state index contributed by atoms with van der Waals surface area (Å²) < 4.78 is 9.25. The van der Waals surface area contributed by atoms with Crippen molar-refractivity contribution in [3.63, 3.8) is 0 Å². The molecule has 154 valence electrons. The fraction of sp³-hybridized carbons (Fsp3) is 0.364. The molecule has 2 atom stereocenters. The molecule has 0 unspecified atom stereocenters. The summed E-state index contributed by atoms with van der Waals surface area (Å²) in [6, 6.07) is 14.7. The van der Waals surface area contributed by atoms with E-state index in [0.29, 0.717) is 16.5 Å². The Bertz CT molecular complexity index is 849. The molecule has 2 aromatic rings. The molecule has 1 aliphatic heterocycles. The van der Waals surface area contributed by atoms with Crippen molar-refractivity contribution in [1.29, 1.82) is 0 Å². The minimum absolute atomic E-state index is 0.0956. The summed E-state index contributed by atoms with van der Waals surface area (Å²) in [5.41, 5.74) is 1.84. The fourth-order valence-corrected chi connectivity index (χ4v) is 5.61. The van der Waals surface area contributed by atoms with Gasteiger partial charge in [0.1, 0.15) is 0 Å². The van der Waals surface area contributed by atoms with Crippen LogP contribution in [0.5, 0.6) is 0 Å². The molecule has 0 radical (unpaired) electrons. The van der Waals surface area contributed by atoms with Gasteiger partial charge in [0.2, 0.25) is 4.75 Å². The van der Waals surface area contributed by atoms with E-state index in [4.69, 9.17) is 32.7 Å². The van der Waals surface area contributed by atoms with Gasteiger partial charge in [-0.25, -0.2) is 9.59 Å². The predicted molar refractivity (Wildman–Crippen MR) is 117 cm³/mol. The number of carbonyl (C=O) groups excluding carboxylic acids is 2. The molecule has 7 heteroatoms. The maximum absolute atomic E-state index is 13.2. The molecule has 0 spiro atoms. The van der Waals surface area contributed by atoms with Crippen LogP contribution in [0.25, 0.3) is 0 Å². The highest BCUT2D eigenvalue weighted by Gasteiger charge is 2.62. The Morgan fingerprint density at radius 1 is 0.897 bits per heavy atom. The Morgan fingerprint density at radius 2 is 1.34 bits per heavy atom. The molecule has 0 aliphatic carbocycles. The number of halogens is 2. The SMILES string of the molecule is CCOC(=O)C1(C(=O)OCC)S[C@@H](c2ccc(Cl)cc2)C[C@@H]1c1ccc(Cl)cc1. The van der Waals surface area contributed by atoms with Crippen LogP contribution in [-0.2, 0) is 19.1 Å². The topological polar surface area (TPSA) is 52.6 Å². The van der Waals surface area contributed by atoms with Gasteiger partial charge in [-0.3, -0.25) is 0 Å². The third kappa shape index (κ3) is 4.42. The first-order chi connectivity index (χ1) is 13.9. The van der Waals surface area contributed by atoms with Gasteiger partial charge in [-0.05, 0) is 55.7 Å². The number of hydrogen-bond acceptors (Lipinski definition) is 5. The number of hydrogen-bond donors (Lipinski definition) is 0. The van der Waals surface area contributed by atoms with Crippen molar-refractivity contribution in [2.45, 2.75) is 36.2 Å². The Hall–Kier alpha value is -1.69. The van der Waals surface area contributed by atoms with E-state index >= 15 is 0 Å². The fourth-order valence-electron chi connectivity index (χ4n) is 3.62. The van der Waals surface area contributed by atoms with E-state index in [9.17, 15) is 9.59 Å². The summed E-state index contributed by atoms with van der Waals surface area (Å²) in [6.45, 7) is 3.81. The van der Waals surface area contributed by atoms with Gasteiger partial charge in [0.25, 0.3) is 0 Å². The molecule has 1 aliphatic rings. The van der Waals surface area contributed by atoms with Crippen LogP contribution in [-0.4, -0.2) is 29.9 Å². The lowest BCUT2D eigenvalue weighted by Crippen LogP contribution is -2.48. The average molecular weight is 453 g/mol. The number of esters is 2. The van der Waals surface area contributed by atoms with E-state index in [0.717, 1.165) is 11.1 Å². The Morgan fingerprint density at radius 3 is 1.79 bits per heavy atom. The quantitative estimate of drug-likeness (QED) is 0.408. The van der Waals surface area contributed by atoms with Crippen LogP contribution in [0, 0.1) is 0 Å². The molecular weight excluding hydrogens is 431 g/mol. The third-order valence-electron chi connectivity index (χ3n) is 4.94. The van der Waals surface area contributed by atoms with Gasteiger partial charge in [0.15, 0.2) is 0 Å². The molecule has 1 fully saturated rings. The largest absolute Gasteiger partial charge is 0.464 e. The van der Waals surface area contributed by atoms with Crippen molar-refractivity contribution in [3.05, 3.63) is 69.7 Å². The van der Waals surface area contributed by atoms with Gasteiger partial charge in [-0.1, -0.05) is 47.5 Å². The number of benzene rings is 2. The molecule has 0 amide bonds. The molecule has 2 aromatic carbocycles. The number of rotatable bonds is 6. The summed E-state index contributed by atoms with van der Waals surface area (Å²) in [4.78, 5) is 26.3. The molecule has 1 saturated heterocycles. The van der Waals surface area contributed by atoms with Gasteiger partial charge in [0.05, 0.1) is 13.2 Å². The van der Waals surface area contributed by atoms with Gasteiger partial charge in [-0.2, -0.15) is 0 Å². The summed E-state index contributed by atoms with van der Waals surface area (Å²) in [5.74, 6) is -1.55. The number of carbonyl (C=O) groups is 2. The summed E-state index contributed by atoms with van der Waals surface area (Å²) in [7, 11) is 0. The number of thioether (sulfide) groups is 1. The van der Waals surface area contributed by atoms with Crippen LogP contribution < -0.4 is 0 Å². The minimum atomic E-state index is -1.48. The van der Waals surface area contributed by atoms with Crippen LogP contribution in [0.1, 0.15) is 42.6 Å². The van der Waals surface area contributed by atoms with E-state index in [2.05, 4.69) is 0 Å². The Balaban J connectivity index is 2.10. The molecule has 29 heavy (non-hydrogen) atoms. The first-order valence-corrected chi connectivity index (χ1v) is 11.1. The molecule has 0 N–H and O–H groups in total. The molecule has 4 nitrogen and oxygen atoms in total. The monoisotopic (exact) mass is 452 g/mol. The highest BCUT2D eigenvalue weighted by Crippen LogP contribution is 2.60. The smallest absolute Gasteiger partial charge is 0.334 e. The lowest BCUT2D eigenvalue weighted by Gasteiger charge is -2.30. The van der Waals surface area contributed by atoms with Crippen molar-refractivity contribution in [2.75, 3.05) is 13.2 Å². The van der Waals surface area contributed by atoms with E-state index in [1.807, 2.05) is 36.4 Å². The normalized spacial score (nSPS) is 20.3. The first kappa shape index (κ1) is 22.0. The second-order valence-electron chi connectivity index (χ2n) is 6.67. The molecule has 0 aromatic heterocycles. The summed E-state index contributed by atoms with van der Waals surface area (Å²) in [6.07, 6.45) is 0.575. The molecule has 0 bridgehead atoms. The second-order valence-corrected chi connectivity index (χ2v) is 9.00. The van der Waals surface area contributed by atoms with Gasteiger partial charge in [-0.15, -0.1) is 11.8 Å². The Labute approximate surface area is 184 Å². The van der Waals surface area contributed by atoms with Crippen molar-refractivity contribution >= 4 is 46.9 Å². The standard InChI is InChI=1S/C22H22Cl2O4S/c1-3-27-20(25)22(21(26)28-4-2)18(14-5-9-16(23)10-6-14)13-19(29-22)15-7-11-17(24)12-8-15/h5-12,18-19H,3-4,13H2,1-2H3/t18-,19-/m1/s1. The molecule has 1 heterocycles. The van der Waals surface area contributed by atoms with Gasteiger partial charge >= 0.3 is 11.9 Å². The van der Waals surface area contributed by atoms with Crippen LogP contribution in [0.3, 0.4) is 0 Å². The zero-order valence-electron chi connectivity index (χ0n) is 16.2. The van der Waals surface area contributed by atoms with E-state index in [1.165, 1.54) is 11.8 Å². The van der Waals surface area contributed by atoms with Crippen LogP contribution in [0.4, 0.5) is 0 Å². The summed E-state index contributed by atoms with van der Waals surface area (Å²) >= 11 is 13.4. The van der Waals surface area contributed by atoms with Gasteiger partial charge in [0, 0.05) is 21.2 Å². The van der Waals surface area contributed by atoms with Crippen molar-refractivity contribution in [3.8, 4) is 0 Å². The maximum atomic E-state index is 13.2.